The van der Waals surface area contributed by atoms with Gasteiger partial charge in [0, 0.05) is 0 Å². The molecule has 2 aromatic carbocycles. The van der Waals surface area contributed by atoms with Crippen LogP contribution < -0.4 is 5.43 Å². The predicted octanol–water partition coefficient (Wildman–Crippen LogP) is 5.72. The Hall–Kier alpha value is -2.39. The number of benzene rings is 2. The number of halogens is 1. The number of allylic oxidation sites excluding steroid dienone is 1. The molecule has 130 valence electrons. The van der Waals surface area contributed by atoms with Crippen LogP contribution >= 0.6 is 11.6 Å². The number of hydrazone groups is 1. The van der Waals surface area contributed by atoms with Gasteiger partial charge in [-0.25, -0.2) is 5.43 Å². The molecule has 0 saturated carbocycles. The topological polar surface area (TPSA) is 41.5 Å². The Morgan fingerprint density at radius 3 is 2.52 bits per heavy atom. The molecule has 0 aliphatic rings. The number of unbranched alkanes of at least 4 members (excludes halogenated alkanes) is 2. The van der Waals surface area contributed by atoms with Gasteiger partial charge in [0.25, 0.3) is 5.91 Å². The first kappa shape index (κ1) is 18.9. The van der Waals surface area contributed by atoms with Crippen LogP contribution in [-0.2, 0) is 0 Å². The quantitative estimate of drug-likeness (QED) is 0.367. The molecule has 4 heteroatoms. The highest BCUT2D eigenvalue weighted by Crippen LogP contribution is 2.15. The van der Waals surface area contributed by atoms with Crippen LogP contribution in [0.3, 0.4) is 0 Å². The summed E-state index contributed by atoms with van der Waals surface area (Å²) in [5.41, 5.74) is 5.17. The summed E-state index contributed by atoms with van der Waals surface area (Å²) in [4.78, 5) is 12.1. The first-order valence-corrected chi connectivity index (χ1v) is 8.92. The van der Waals surface area contributed by atoms with Crippen molar-refractivity contribution in [1.82, 2.24) is 5.43 Å². The fraction of sp³-hybridized carbons (Fsp3) is 0.238. The second-order valence-corrected chi connectivity index (χ2v) is 6.17. The van der Waals surface area contributed by atoms with E-state index in [1.54, 1.807) is 30.5 Å². The lowest BCUT2D eigenvalue weighted by Gasteiger charge is -2.04. The van der Waals surface area contributed by atoms with E-state index in [4.69, 9.17) is 11.6 Å². The maximum atomic E-state index is 12.1. The van der Waals surface area contributed by atoms with Gasteiger partial charge in [-0.1, -0.05) is 79.9 Å². The number of carbonyl (C=O) groups is 1. The molecule has 1 amide bonds. The van der Waals surface area contributed by atoms with Gasteiger partial charge in [-0.15, -0.1) is 0 Å². The zero-order chi connectivity index (χ0) is 17.9. The molecular weight excluding hydrogens is 332 g/mol. The zero-order valence-electron chi connectivity index (χ0n) is 14.4. The summed E-state index contributed by atoms with van der Waals surface area (Å²) in [6.45, 7) is 2.18. The summed E-state index contributed by atoms with van der Waals surface area (Å²) in [6.07, 6.45) is 8.18. The summed E-state index contributed by atoms with van der Waals surface area (Å²) in [5.74, 6) is -0.311. The number of nitrogens with one attached hydrogen (secondary N) is 1. The molecule has 0 radical (unpaired) electrons. The molecule has 3 nitrogen and oxygen atoms in total. The molecule has 0 unspecified atom stereocenters. The summed E-state index contributed by atoms with van der Waals surface area (Å²) < 4.78 is 0. The highest BCUT2D eigenvalue weighted by Gasteiger charge is 2.07. The van der Waals surface area contributed by atoms with Crippen molar-refractivity contribution in [2.24, 2.45) is 5.10 Å². The van der Waals surface area contributed by atoms with E-state index in [0.29, 0.717) is 10.6 Å². The van der Waals surface area contributed by atoms with Gasteiger partial charge in [-0.2, -0.15) is 5.10 Å². The Labute approximate surface area is 154 Å². The van der Waals surface area contributed by atoms with E-state index < -0.39 is 0 Å². The van der Waals surface area contributed by atoms with E-state index in [1.807, 2.05) is 18.2 Å². The molecule has 0 aliphatic carbocycles. The molecular formula is C21H23ClN2O. The van der Waals surface area contributed by atoms with Crippen LogP contribution in [-0.4, -0.2) is 12.1 Å². The molecule has 2 rings (SSSR count). The van der Waals surface area contributed by atoms with Crippen LogP contribution in [0.4, 0.5) is 0 Å². The van der Waals surface area contributed by atoms with Crippen LogP contribution in [0.5, 0.6) is 0 Å². The third-order valence-corrected chi connectivity index (χ3v) is 4.07. The van der Waals surface area contributed by atoms with Crippen molar-refractivity contribution in [3.63, 3.8) is 0 Å². The van der Waals surface area contributed by atoms with E-state index in [9.17, 15) is 4.79 Å². The average Bonchev–Trinajstić information content (AvgIpc) is 2.63. The predicted molar refractivity (Wildman–Crippen MR) is 106 cm³/mol. The Morgan fingerprint density at radius 1 is 1.08 bits per heavy atom. The maximum Gasteiger partial charge on any atom is 0.272 e. The van der Waals surface area contributed by atoms with E-state index in [0.717, 1.165) is 24.0 Å². The molecule has 0 aromatic heterocycles. The maximum absolute atomic E-state index is 12.1. The minimum Gasteiger partial charge on any atom is -0.267 e. The monoisotopic (exact) mass is 354 g/mol. The second-order valence-electron chi connectivity index (χ2n) is 5.77. The lowest BCUT2D eigenvalue weighted by molar-refractivity contribution is 0.0955. The smallest absolute Gasteiger partial charge is 0.267 e. The Morgan fingerprint density at radius 2 is 1.80 bits per heavy atom. The number of hydrogen-bond donors (Lipinski definition) is 1. The Bertz CT molecular complexity index is 739. The van der Waals surface area contributed by atoms with Crippen molar-refractivity contribution in [2.45, 2.75) is 32.6 Å². The van der Waals surface area contributed by atoms with Gasteiger partial charge in [0.05, 0.1) is 16.8 Å². The largest absolute Gasteiger partial charge is 0.272 e. The van der Waals surface area contributed by atoms with E-state index >= 15 is 0 Å². The summed E-state index contributed by atoms with van der Waals surface area (Å²) in [6, 6.07) is 17.0. The molecule has 0 saturated heterocycles. The molecule has 0 atom stereocenters. The van der Waals surface area contributed by atoms with Crippen molar-refractivity contribution >= 4 is 29.8 Å². The molecule has 0 bridgehead atoms. The molecule has 0 spiro atoms. The van der Waals surface area contributed by atoms with E-state index in [1.165, 1.54) is 12.8 Å². The number of rotatable bonds is 8. The van der Waals surface area contributed by atoms with Crippen LogP contribution in [0.25, 0.3) is 6.08 Å². The Balaban J connectivity index is 2.05. The number of hydrogen-bond acceptors (Lipinski definition) is 2. The van der Waals surface area contributed by atoms with Crippen molar-refractivity contribution in [1.29, 1.82) is 0 Å². The van der Waals surface area contributed by atoms with Gasteiger partial charge in [0.15, 0.2) is 0 Å². The van der Waals surface area contributed by atoms with Crippen LogP contribution in [0.15, 0.2) is 65.3 Å². The van der Waals surface area contributed by atoms with Crippen LogP contribution in [0.1, 0.15) is 48.5 Å². The number of carbonyl (C=O) groups excluding carboxylic acids is 1. The van der Waals surface area contributed by atoms with E-state index in [-0.39, 0.29) is 5.91 Å². The van der Waals surface area contributed by atoms with E-state index in [2.05, 4.69) is 35.7 Å². The van der Waals surface area contributed by atoms with Crippen molar-refractivity contribution in [2.75, 3.05) is 0 Å². The molecule has 0 heterocycles. The van der Waals surface area contributed by atoms with Crippen molar-refractivity contribution in [3.8, 4) is 0 Å². The fourth-order valence-electron chi connectivity index (χ4n) is 2.40. The standard InChI is InChI=1S/C21H23ClN2O/c1-2-3-5-12-18(15-17-10-6-4-7-11-17)16-23-24-21(25)19-13-8-9-14-20(19)22/h4,6-11,13-16H,2-3,5,12H2,1H3,(H,24,25). The molecule has 1 N–H and O–H groups in total. The van der Waals surface area contributed by atoms with Crippen LogP contribution in [0, 0.1) is 0 Å². The van der Waals surface area contributed by atoms with Gasteiger partial charge in [0.1, 0.15) is 0 Å². The van der Waals surface area contributed by atoms with Crippen molar-refractivity contribution in [3.05, 3.63) is 76.3 Å². The van der Waals surface area contributed by atoms with Gasteiger partial charge in [0.2, 0.25) is 0 Å². The van der Waals surface area contributed by atoms with Crippen LogP contribution in [0.2, 0.25) is 5.02 Å². The minimum absolute atomic E-state index is 0.311. The summed E-state index contributed by atoms with van der Waals surface area (Å²) >= 11 is 6.03. The molecule has 0 fully saturated rings. The average molecular weight is 355 g/mol. The molecule has 2 aromatic rings. The van der Waals surface area contributed by atoms with Gasteiger partial charge in [-0.3, -0.25) is 4.79 Å². The fourth-order valence-corrected chi connectivity index (χ4v) is 2.62. The number of nitrogens with zero attached hydrogens (tertiary/aromatic N) is 1. The zero-order valence-corrected chi connectivity index (χ0v) is 15.2. The first-order valence-electron chi connectivity index (χ1n) is 8.54. The minimum atomic E-state index is -0.311. The summed E-state index contributed by atoms with van der Waals surface area (Å²) in [7, 11) is 0. The third-order valence-electron chi connectivity index (χ3n) is 3.74. The highest BCUT2D eigenvalue weighted by atomic mass is 35.5. The lowest BCUT2D eigenvalue weighted by Crippen LogP contribution is -2.18. The first-order chi connectivity index (χ1) is 12.2. The number of amides is 1. The van der Waals surface area contributed by atoms with Gasteiger partial charge < -0.3 is 0 Å². The SMILES string of the molecule is CCCCCC(C=NNC(=O)c1ccccc1Cl)=Cc1ccccc1. The van der Waals surface area contributed by atoms with Gasteiger partial charge >= 0.3 is 0 Å². The molecule has 25 heavy (non-hydrogen) atoms. The van der Waals surface area contributed by atoms with Crippen molar-refractivity contribution < 1.29 is 4.79 Å². The Kier molecular flexibility index (Phi) is 7.93. The summed E-state index contributed by atoms with van der Waals surface area (Å²) in [5, 5.41) is 4.53. The molecule has 0 aliphatic heterocycles. The lowest BCUT2D eigenvalue weighted by atomic mass is 10.1. The third kappa shape index (κ3) is 6.55. The second kappa shape index (κ2) is 10.5. The highest BCUT2D eigenvalue weighted by molar-refractivity contribution is 6.33. The normalized spacial score (nSPS) is 11.7. The van der Waals surface area contributed by atoms with Gasteiger partial charge in [-0.05, 0) is 36.1 Å².